The van der Waals surface area contributed by atoms with Gasteiger partial charge in [-0.3, -0.25) is 4.90 Å². The highest BCUT2D eigenvalue weighted by Crippen LogP contribution is 2.10. The van der Waals surface area contributed by atoms with Gasteiger partial charge in [0.25, 0.3) is 0 Å². The third-order valence-corrected chi connectivity index (χ3v) is 2.55. The zero-order valence-corrected chi connectivity index (χ0v) is 10.3. The second-order valence-corrected chi connectivity index (χ2v) is 3.84. The molecule has 0 aliphatic heterocycles. The molecule has 98 valence electrons. The molecule has 3 N–H and O–H groups in total. The smallest absolute Gasteiger partial charge is 0.104 e. The summed E-state index contributed by atoms with van der Waals surface area (Å²) in [5, 5.41) is 26.7. The maximum absolute atomic E-state index is 8.97. The van der Waals surface area contributed by atoms with Crippen molar-refractivity contribution in [1.82, 2.24) is 4.90 Å². The van der Waals surface area contributed by atoms with Crippen LogP contribution < -0.4 is 0 Å². The standard InChI is InChI=1S/C14H19NO3/c16-9-3-6-13-4-1-2-5-14(13)12-15(7-10-17)8-11-18/h1-2,4-5,16-18H,7-12H2. The molecule has 0 aliphatic carbocycles. The summed E-state index contributed by atoms with van der Waals surface area (Å²) in [6, 6.07) is 7.68. The van der Waals surface area contributed by atoms with Crippen molar-refractivity contribution in [3.05, 3.63) is 35.4 Å². The molecule has 0 atom stereocenters. The summed E-state index contributed by atoms with van der Waals surface area (Å²) in [5.41, 5.74) is 1.90. The maximum Gasteiger partial charge on any atom is 0.104 e. The Labute approximate surface area is 107 Å². The van der Waals surface area contributed by atoms with Crippen molar-refractivity contribution >= 4 is 0 Å². The Morgan fingerprint density at radius 3 is 2.28 bits per heavy atom. The minimum Gasteiger partial charge on any atom is -0.395 e. The quantitative estimate of drug-likeness (QED) is 0.612. The van der Waals surface area contributed by atoms with Gasteiger partial charge in [-0.1, -0.05) is 30.0 Å². The zero-order chi connectivity index (χ0) is 13.2. The molecular weight excluding hydrogens is 230 g/mol. The number of nitrogens with zero attached hydrogens (tertiary/aromatic N) is 1. The minimum absolute atomic E-state index is 0.0600. The first-order chi connectivity index (χ1) is 8.81. The van der Waals surface area contributed by atoms with Crippen LogP contribution in [0.25, 0.3) is 0 Å². The van der Waals surface area contributed by atoms with E-state index in [1.165, 1.54) is 0 Å². The van der Waals surface area contributed by atoms with Crippen LogP contribution in [0.5, 0.6) is 0 Å². The lowest BCUT2D eigenvalue weighted by Gasteiger charge is -2.20. The first-order valence-electron chi connectivity index (χ1n) is 5.93. The topological polar surface area (TPSA) is 63.9 Å². The molecule has 0 unspecified atom stereocenters. The van der Waals surface area contributed by atoms with Gasteiger partial charge in [0.2, 0.25) is 0 Å². The van der Waals surface area contributed by atoms with Crippen molar-refractivity contribution in [2.45, 2.75) is 6.54 Å². The molecule has 0 aromatic heterocycles. The normalized spacial score (nSPS) is 10.2. The van der Waals surface area contributed by atoms with Gasteiger partial charge in [-0.25, -0.2) is 0 Å². The second kappa shape index (κ2) is 8.67. The molecule has 0 spiro atoms. The summed E-state index contributed by atoms with van der Waals surface area (Å²) < 4.78 is 0. The molecule has 1 aromatic carbocycles. The number of hydrogen-bond acceptors (Lipinski definition) is 4. The van der Waals surface area contributed by atoms with E-state index >= 15 is 0 Å². The van der Waals surface area contributed by atoms with E-state index in [2.05, 4.69) is 11.8 Å². The fourth-order valence-corrected chi connectivity index (χ4v) is 1.71. The zero-order valence-electron chi connectivity index (χ0n) is 10.3. The van der Waals surface area contributed by atoms with Crippen molar-refractivity contribution in [2.75, 3.05) is 32.9 Å². The molecule has 4 heteroatoms. The first-order valence-corrected chi connectivity index (χ1v) is 5.93. The summed E-state index contributed by atoms with van der Waals surface area (Å²) in [6.07, 6.45) is 0. The highest BCUT2D eigenvalue weighted by Gasteiger charge is 2.07. The molecule has 0 bridgehead atoms. The van der Waals surface area contributed by atoms with Crippen LogP contribution in [0.1, 0.15) is 11.1 Å². The average Bonchev–Trinajstić information content (AvgIpc) is 2.38. The van der Waals surface area contributed by atoms with E-state index in [-0.39, 0.29) is 19.8 Å². The monoisotopic (exact) mass is 249 g/mol. The predicted octanol–water partition coefficient (Wildman–Crippen LogP) is -0.183. The predicted molar refractivity (Wildman–Crippen MR) is 69.9 cm³/mol. The van der Waals surface area contributed by atoms with Crippen LogP contribution in [0.4, 0.5) is 0 Å². The van der Waals surface area contributed by atoms with Crippen LogP contribution >= 0.6 is 0 Å². The lowest BCUT2D eigenvalue weighted by Crippen LogP contribution is -2.29. The van der Waals surface area contributed by atoms with Crippen LogP contribution in [-0.2, 0) is 6.54 Å². The summed E-state index contributed by atoms with van der Waals surface area (Å²) >= 11 is 0. The molecule has 18 heavy (non-hydrogen) atoms. The van der Waals surface area contributed by atoms with Gasteiger partial charge in [0, 0.05) is 25.2 Å². The Balaban J connectivity index is 2.80. The molecule has 0 saturated carbocycles. The highest BCUT2D eigenvalue weighted by atomic mass is 16.3. The summed E-state index contributed by atoms with van der Waals surface area (Å²) in [5.74, 6) is 5.53. The van der Waals surface area contributed by atoms with Gasteiger partial charge in [-0.15, -0.1) is 0 Å². The van der Waals surface area contributed by atoms with Gasteiger partial charge in [0.15, 0.2) is 0 Å². The minimum atomic E-state index is -0.161. The number of benzene rings is 1. The van der Waals surface area contributed by atoms with Gasteiger partial charge in [-0.2, -0.15) is 0 Å². The van der Waals surface area contributed by atoms with E-state index in [0.717, 1.165) is 11.1 Å². The van der Waals surface area contributed by atoms with E-state index in [1.54, 1.807) is 0 Å². The van der Waals surface area contributed by atoms with E-state index in [1.807, 2.05) is 29.2 Å². The Kier molecular flexibility index (Phi) is 7.07. The Hall–Kier alpha value is -1.38. The summed E-state index contributed by atoms with van der Waals surface area (Å²) in [4.78, 5) is 1.96. The first kappa shape index (κ1) is 14.7. The highest BCUT2D eigenvalue weighted by molar-refractivity contribution is 5.41. The third-order valence-electron chi connectivity index (χ3n) is 2.55. The van der Waals surface area contributed by atoms with Gasteiger partial charge in [0.1, 0.15) is 6.61 Å². The van der Waals surface area contributed by atoms with Crippen LogP contribution in [0, 0.1) is 11.8 Å². The van der Waals surface area contributed by atoms with Gasteiger partial charge < -0.3 is 15.3 Å². The molecule has 4 nitrogen and oxygen atoms in total. The lowest BCUT2D eigenvalue weighted by atomic mass is 10.1. The fourth-order valence-electron chi connectivity index (χ4n) is 1.71. The molecule has 0 aliphatic rings. The number of hydrogen-bond donors (Lipinski definition) is 3. The molecule has 0 radical (unpaired) electrons. The van der Waals surface area contributed by atoms with E-state index < -0.39 is 0 Å². The Bertz CT molecular complexity index is 403. The Morgan fingerprint density at radius 2 is 1.67 bits per heavy atom. The van der Waals surface area contributed by atoms with Crippen LogP contribution in [-0.4, -0.2) is 53.1 Å². The molecule has 0 amide bonds. The van der Waals surface area contributed by atoms with Crippen molar-refractivity contribution in [3.63, 3.8) is 0 Å². The SMILES string of the molecule is OCC#Cc1ccccc1CN(CCO)CCO. The van der Waals surface area contributed by atoms with Gasteiger partial charge in [0.05, 0.1) is 13.2 Å². The van der Waals surface area contributed by atoms with Crippen molar-refractivity contribution in [3.8, 4) is 11.8 Å². The van der Waals surface area contributed by atoms with Crippen LogP contribution in [0.15, 0.2) is 24.3 Å². The average molecular weight is 249 g/mol. The number of rotatable bonds is 6. The molecule has 0 fully saturated rings. The van der Waals surface area contributed by atoms with E-state index in [9.17, 15) is 0 Å². The number of aliphatic hydroxyl groups is 3. The van der Waals surface area contributed by atoms with E-state index in [0.29, 0.717) is 19.6 Å². The third kappa shape index (κ3) is 4.86. The number of aliphatic hydroxyl groups excluding tert-OH is 3. The molecule has 1 aromatic rings. The molecule has 1 rings (SSSR count). The van der Waals surface area contributed by atoms with Crippen molar-refractivity contribution < 1.29 is 15.3 Å². The molecular formula is C14H19NO3. The lowest BCUT2D eigenvalue weighted by molar-refractivity contribution is 0.156. The Morgan fingerprint density at radius 1 is 1.00 bits per heavy atom. The summed E-state index contributed by atoms with van der Waals surface area (Å²) in [7, 11) is 0. The largest absolute Gasteiger partial charge is 0.395 e. The molecule has 0 saturated heterocycles. The molecule has 0 heterocycles. The van der Waals surface area contributed by atoms with Crippen molar-refractivity contribution in [2.24, 2.45) is 0 Å². The van der Waals surface area contributed by atoms with Crippen LogP contribution in [0.3, 0.4) is 0 Å². The van der Waals surface area contributed by atoms with Gasteiger partial charge >= 0.3 is 0 Å². The van der Waals surface area contributed by atoms with Crippen LogP contribution in [0.2, 0.25) is 0 Å². The fraction of sp³-hybridized carbons (Fsp3) is 0.429. The second-order valence-electron chi connectivity index (χ2n) is 3.84. The van der Waals surface area contributed by atoms with Gasteiger partial charge in [-0.05, 0) is 11.6 Å². The summed E-state index contributed by atoms with van der Waals surface area (Å²) in [6.45, 7) is 1.61. The maximum atomic E-state index is 8.97. The van der Waals surface area contributed by atoms with E-state index in [4.69, 9.17) is 15.3 Å². The van der Waals surface area contributed by atoms with Crippen molar-refractivity contribution in [1.29, 1.82) is 0 Å².